The predicted molar refractivity (Wildman–Crippen MR) is 64.8 cm³/mol. The van der Waals surface area contributed by atoms with Crippen molar-refractivity contribution in [2.24, 2.45) is 0 Å². The molecule has 0 amide bonds. The number of benzene rings is 1. The molecule has 21 heavy (non-hydrogen) atoms. The summed E-state index contributed by atoms with van der Waals surface area (Å²) in [5.74, 6) is -0.991. The van der Waals surface area contributed by atoms with Crippen LogP contribution in [0.15, 0.2) is 22.7 Å². The van der Waals surface area contributed by atoms with Gasteiger partial charge in [-0.3, -0.25) is 0 Å². The zero-order valence-corrected chi connectivity index (χ0v) is 10.7. The van der Waals surface area contributed by atoms with E-state index in [9.17, 15) is 18.0 Å². The van der Waals surface area contributed by atoms with E-state index in [0.29, 0.717) is 11.9 Å². The van der Waals surface area contributed by atoms with E-state index in [-0.39, 0.29) is 18.1 Å². The molecular formula is C12H10F3N3O3. The highest BCUT2D eigenvalue weighted by Gasteiger charge is 2.35. The number of hydrogen-bond acceptors (Lipinski definition) is 5. The summed E-state index contributed by atoms with van der Waals surface area (Å²) in [6, 6.07) is 2.76. The lowest BCUT2D eigenvalue weighted by Gasteiger charge is -2.12. The van der Waals surface area contributed by atoms with Crippen LogP contribution in [0.2, 0.25) is 0 Å². The van der Waals surface area contributed by atoms with Crippen LogP contribution in [0.4, 0.5) is 18.9 Å². The molecule has 2 aromatic rings. The van der Waals surface area contributed by atoms with E-state index < -0.39 is 23.3 Å². The van der Waals surface area contributed by atoms with Crippen molar-refractivity contribution in [1.29, 1.82) is 0 Å². The fraction of sp³-hybridized carbons (Fsp3) is 0.250. The second kappa shape index (κ2) is 5.43. The molecule has 1 aromatic heterocycles. The lowest BCUT2D eigenvalue weighted by Crippen LogP contribution is -2.13. The minimum Gasteiger partial charge on any atom is -0.478 e. The molecule has 0 saturated heterocycles. The van der Waals surface area contributed by atoms with Crippen LogP contribution in [0.1, 0.15) is 27.6 Å². The third-order valence-electron chi connectivity index (χ3n) is 2.57. The van der Waals surface area contributed by atoms with Gasteiger partial charge in [0.2, 0.25) is 5.89 Å². The van der Waals surface area contributed by atoms with Gasteiger partial charge in [-0.25, -0.2) is 4.79 Å². The molecule has 0 aliphatic heterocycles. The minimum atomic E-state index is -4.73. The van der Waals surface area contributed by atoms with Crippen LogP contribution in [0.25, 0.3) is 0 Å². The number of nitrogens with zero attached hydrogens (tertiary/aromatic N) is 2. The van der Waals surface area contributed by atoms with Crippen LogP contribution in [-0.4, -0.2) is 21.2 Å². The zero-order chi connectivity index (χ0) is 15.6. The summed E-state index contributed by atoms with van der Waals surface area (Å²) >= 11 is 0. The lowest BCUT2D eigenvalue weighted by atomic mass is 10.1. The molecular weight excluding hydrogens is 291 g/mol. The van der Waals surface area contributed by atoms with Crippen LogP contribution >= 0.6 is 0 Å². The second-order valence-electron chi connectivity index (χ2n) is 4.15. The summed E-state index contributed by atoms with van der Waals surface area (Å²) in [7, 11) is 0. The molecule has 2 rings (SSSR count). The average molecular weight is 301 g/mol. The van der Waals surface area contributed by atoms with Crippen molar-refractivity contribution in [1.82, 2.24) is 10.1 Å². The van der Waals surface area contributed by atoms with Crippen molar-refractivity contribution in [3.8, 4) is 0 Å². The van der Waals surface area contributed by atoms with Gasteiger partial charge in [-0.15, -0.1) is 0 Å². The molecule has 0 saturated carbocycles. The first-order chi connectivity index (χ1) is 9.77. The van der Waals surface area contributed by atoms with Gasteiger partial charge in [0.05, 0.1) is 17.7 Å². The number of rotatable bonds is 4. The molecule has 0 unspecified atom stereocenters. The van der Waals surface area contributed by atoms with Crippen LogP contribution in [-0.2, 0) is 12.7 Å². The van der Waals surface area contributed by atoms with Crippen molar-refractivity contribution in [2.75, 3.05) is 5.32 Å². The van der Waals surface area contributed by atoms with Gasteiger partial charge in [0.15, 0.2) is 5.82 Å². The SMILES string of the molecule is Cc1noc(CNc2ccc(C(F)(F)F)c(C(=O)O)c2)n1. The molecule has 0 spiro atoms. The molecule has 0 bridgehead atoms. The summed E-state index contributed by atoms with van der Waals surface area (Å²) in [4.78, 5) is 14.8. The Morgan fingerprint density at radius 2 is 2.14 bits per heavy atom. The van der Waals surface area contributed by atoms with Gasteiger partial charge in [0, 0.05) is 5.69 Å². The van der Waals surface area contributed by atoms with Crippen molar-refractivity contribution in [2.45, 2.75) is 19.6 Å². The number of halogens is 3. The Kier molecular flexibility index (Phi) is 3.83. The maximum absolute atomic E-state index is 12.7. The average Bonchev–Trinajstić information content (AvgIpc) is 2.80. The predicted octanol–water partition coefficient (Wildman–Crippen LogP) is 2.71. The Hall–Kier alpha value is -2.58. The van der Waals surface area contributed by atoms with Gasteiger partial charge in [-0.2, -0.15) is 18.2 Å². The minimum absolute atomic E-state index is 0.0747. The van der Waals surface area contributed by atoms with Crippen LogP contribution in [0, 0.1) is 6.92 Å². The molecule has 0 fully saturated rings. The van der Waals surface area contributed by atoms with Crippen molar-refractivity contribution < 1.29 is 27.6 Å². The van der Waals surface area contributed by atoms with Crippen molar-refractivity contribution >= 4 is 11.7 Å². The summed E-state index contributed by atoms with van der Waals surface area (Å²) in [6.45, 7) is 1.69. The number of hydrogen-bond donors (Lipinski definition) is 2. The van der Waals surface area contributed by atoms with E-state index in [4.69, 9.17) is 9.63 Å². The normalized spacial score (nSPS) is 11.4. The van der Waals surface area contributed by atoms with E-state index in [2.05, 4.69) is 15.5 Å². The standard InChI is InChI=1S/C12H10F3N3O3/c1-6-17-10(21-18-6)5-16-7-2-3-9(12(13,14)15)8(4-7)11(19)20/h2-4,16H,5H2,1H3,(H,19,20). The summed E-state index contributed by atoms with van der Waals surface area (Å²) in [5, 5.41) is 15.1. The highest BCUT2D eigenvalue weighted by Crippen LogP contribution is 2.33. The van der Waals surface area contributed by atoms with Crippen molar-refractivity contribution in [3.63, 3.8) is 0 Å². The fourth-order valence-electron chi connectivity index (χ4n) is 1.67. The van der Waals surface area contributed by atoms with Crippen molar-refractivity contribution in [3.05, 3.63) is 41.0 Å². The number of aromatic nitrogens is 2. The molecule has 1 aromatic carbocycles. The van der Waals surface area contributed by atoms with Gasteiger partial charge >= 0.3 is 12.1 Å². The number of aromatic carboxylic acids is 1. The van der Waals surface area contributed by atoms with Gasteiger partial charge in [0.1, 0.15) is 0 Å². The number of aryl methyl sites for hydroxylation is 1. The lowest BCUT2D eigenvalue weighted by molar-refractivity contribution is -0.138. The maximum atomic E-state index is 12.7. The van der Waals surface area contributed by atoms with E-state index >= 15 is 0 Å². The molecule has 0 radical (unpaired) electrons. The van der Waals surface area contributed by atoms with Gasteiger partial charge in [-0.1, -0.05) is 5.16 Å². The summed E-state index contributed by atoms with van der Waals surface area (Å²) in [6.07, 6.45) is -4.73. The van der Waals surface area contributed by atoms with Gasteiger partial charge in [0.25, 0.3) is 0 Å². The number of carboxylic acids is 1. The van der Waals surface area contributed by atoms with E-state index in [0.717, 1.165) is 12.1 Å². The molecule has 2 N–H and O–H groups in total. The summed E-state index contributed by atoms with van der Waals surface area (Å²) < 4.78 is 42.9. The molecule has 9 heteroatoms. The Balaban J connectivity index is 2.22. The Morgan fingerprint density at radius 3 is 2.67 bits per heavy atom. The number of alkyl halides is 3. The first-order valence-electron chi connectivity index (χ1n) is 5.75. The van der Waals surface area contributed by atoms with E-state index in [1.165, 1.54) is 0 Å². The first kappa shape index (κ1) is 14.8. The molecule has 6 nitrogen and oxygen atoms in total. The Labute approximate surface area is 116 Å². The highest BCUT2D eigenvalue weighted by molar-refractivity contribution is 5.91. The maximum Gasteiger partial charge on any atom is 0.417 e. The first-order valence-corrected chi connectivity index (χ1v) is 5.75. The Bertz CT molecular complexity index is 667. The quantitative estimate of drug-likeness (QED) is 0.902. The third kappa shape index (κ3) is 3.50. The molecule has 0 atom stereocenters. The smallest absolute Gasteiger partial charge is 0.417 e. The molecule has 112 valence electrons. The second-order valence-corrected chi connectivity index (χ2v) is 4.15. The number of carboxylic acid groups (broad SMARTS) is 1. The molecule has 1 heterocycles. The van der Waals surface area contributed by atoms with Crippen LogP contribution < -0.4 is 5.32 Å². The largest absolute Gasteiger partial charge is 0.478 e. The topological polar surface area (TPSA) is 88.2 Å². The molecule has 0 aliphatic carbocycles. The Morgan fingerprint density at radius 1 is 1.43 bits per heavy atom. The fourth-order valence-corrected chi connectivity index (χ4v) is 1.67. The zero-order valence-electron chi connectivity index (χ0n) is 10.7. The number of carbonyl (C=O) groups is 1. The highest BCUT2D eigenvalue weighted by atomic mass is 19.4. The summed E-state index contributed by atoms with van der Waals surface area (Å²) in [5.41, 5.74) is -1.82. The van der Waals surface area contributed by atoms with Gasteiger partial charge in [-0.05, 0) is 25.1 Å². The monoisotopic (exact) mass is 301 g/mol. The van der Waals surface area contributed by atoms with Crippen LogP contribution in [0.5, 0.6) is 0 Å². The van der Waals surface area contributed by atoms with E-state index in [1.807, 2.05) is 0 Å². The molecule has 0 aliphatic rings. The number of anilines is 1. The number of nitrogens with one attached hydrogen (secondary N) is 1. The van der Waals surface area contributed by atoms with E-state index in [1.54, 1.807) is 6.92 Å². The van der Waals surface area contributed by atoms with Gasteiger partial charge < -0.3 is 14.9 Å². The van der Waals surface area contributed by atoms with Crippen LogP contribution in [0.3, 0.4) is 0 Å². The third-order valence-corrected chi connectivity index (χ3v) is 2.57.